The quantitative estimate of drug-likeness (QED) is 0.179. The maximum Gasteiger partial charge on any atom is 1.00 e. The summed E-state index contributed by atoms with van der Waals surface area (Å²) in [5.74, 6) is -7.67. The molecule has 0 N–H and O–H groups in total. The predicted octanol–water partition coefficient (Wildman–Crippen LogP) is -24.3. The molecule has 0 saturated carbocycles. The summed E-state index contributed by atoms with van der Waals surface area (Å²) in [7, 11) is 0. The van der Waals surface area contributed by atoms with Gasteiger partial charge in [0.25, 0.3) is 0 Å². The van der Waals surface area contributed by atoms with E-state index in [1.165, 1.54) is 4.90 Å². The third kappa shape index (κ3) is 30.3. The van der Waals surface area contributed by atoms with Crippen LogP contribution in [0.5, 0.6) is 0 Å². The minimum Gasteiger partial charge on any atom is -0.549 e. The molecule has 0 atom stereocenters. The van der Waals surface area contributed by atoms with Crippen LogP contribution in [0.2, 0.25) is 0 Å². The maximum atomic E-state index is 10.8. The molecule has 0 spiro atoms. The Bertz CT molecular complexity index is 501. The molecule has 0 bridgehead atoms. The number of carboxylic acids is 5. The fourth-order valence-corrected chi connectivity index (χ4v) is 2.18. The van der Waals surface area contributed by atoms with Gasteiger partial charge < -0.3 is 49.5 Å². The van der Waals surface area contributed by atoms with Gasteiger partial charge in [0.2, 0.25) is 0 Å². The Balaban J connectivity index is -0.000000338. The second-order valence-electron chi connectivity index (χ2n) is 5.56. The van der Waals surface area contributed by atoms with Crippen molar-refractivity contribution in [1.29, 1.82) is 0 Å². The van der Waals surface area contributed by atoms with E-state index in [2.05, 4.69) is 0 Å². The summed E-state index contributed by atoms with van der Waals surface area (Å²) in [6.45, 7) is -4.16. The molecule has 0 aromatic heterocycles. The zero-order valence-electron chi connectivity index (χ0n) is 19.3. The molecular formula is C14H18N3Na5O10. The Morgan fingerprint density at radius 3 is 0.719 bits per heavy atom. The van der Waals surface area contributed by atoms with Crippen molar-refractivity contribution in [3.05, 3.63) is 0 Å². The summed E-state index contributed by atoms with van der Waals surface area (Å²) in [5.41, 5.74) is 0. The molecule has 0 heterocycles. The summed E-state index contributed by atoms with van der Waals surface area (Å²) in [6.07, 6.45) is 0. The van der Waals surface area contributed by atoms with Crippen molar-refractivity contribution in [1.82, 2.24) is 14.7 Å². The van der Waals surface area contributed by atoms with E-state index in [-0.39, 0.29) is 174 Å². The molecule has 32 heavy (non-hydrogen) atoms. The van der Waals surface area contributed by atoms with Crippen molar-refractivity contribution in [3.8, 4) is 0 Å². The number of rotatable bonds is 16. The molecule has 0 fully saturated rings. The Kier molecular flexibility index (Phi) is 41.2. The van der Waals surface area contributed by atoms with Crippen molar-refractivity contribution in [3.63, 3.8) is 0 Å². The van der Waals surface area contributed by atoms with E-state index < -0.39 is 62.6 Å². The zero-order valence-corrected chi connectivity index (χ0v) is 29.3. The predicted molar refractivity (Wildman–Crippen MR) is 74.4 cm³/mol. The van der Waals surface area contributed by atoms with Gasteiger partial charge in [0.05, 0.1) is 29.8 Å². The van der Waals surface area contributed by atoms with Gasteiger partial charge in [-0.15, -0.1) is 0 Å². The smallest absolute Gasteiger partial charge is 0.549 e. The van der Waals surface area contributed by atoms with Crippen molar-refractivity contribution in [2.45, 2.75) is 0 Å². The maximum absolute atomic E-state index is 10.8. The Morgan fingerprint density at radius 1 is 0.375 bits per heavy atom. The van der Waals surface area contributed by atoms with E-state index in [9.17, 15) is 49.5 Å². The van der Waals surface area contributed by atoms with Gasteiger partial charge in [-0.1, -0.05) is 0 Å². The van der Waals surface area contributed by atoms with E-state index in [1.807, 2.05) is 0 Å². The third-order valence-corrected chi connectivity index (χ3v) is 3.23. The van der Waals surface area contributed by atoms with Gasteiger partial charge in [-0.25, -0.2) is 0 Å². The summed E-state index contributed by atoms with van der Waals surface area (Å²) < 4.78 is 0. The van der Waals surface area contributed by atoms with Crippen molar-refractivity contribution in [2.24, 2.45) is 0 Å². The molecule has 0 aliphatic rings. The number of hydrogen-bond donors (Lipinski definition) is 0. The van der Waals surface area contributed by atoms with E-state index in [1.54, 1.807) is 0 Å². The fourth-order valence-electron chi connectivity index (χ4n) is 2.18. The Hall–Kier alpha value is 2.23. The van der Waals surface area contributed by atoms with Crippen LogP contribution in [0.25, 0.3) is 0 Å². The first-order chi connectivity index (χ1) is 12.5. The zero-order chi connectivity index (χ0) is 21.0. The van der Waals surface area contributed by atoms with Gasteiger partial charge in [-0.3, -0.25) is 14.7 Å². The molecule has 0 unspecified atom stereocenters. The monoisotopic (exact) mass is 503 g/mol. The number of carbonyl (C=O) groups excluding carboxylic acids is 5. The van der Waals surface area contributed by atoms with Crippen molar-refractivity contribution < 1.29 is 197 Å². The first-order valence-electron chi connectivity index (χ1n) is 7.66. The summed E-state index contributed by atoms with van der Waals surface area (Å²) in [5, 5.41) is 53.3. The van der Waals surface area contributed by atoms with Crippen LogP contribution in [-0.4, -0.2) is 103 Å². The molecule has 0 aromatic carbocycles. The summed E-state index contributed by atoms with van der Waals surface area (Å²) in [6, 6.07) is 0. The van der Waals surface area contributed by atoms with E-state index >= 15 is 0 Å². The Labute approximate surface area is 296 Å². The van der Waals surface area contributed by atoms with Gasteiger partial charge in [-0.2, -0.15) is 0 Å². The largest absolute Gasteiger partial charge is 1.00 e. The molecule has 0 aliphatic carbocycles. The van der Waals surface area contributed by atoms with E-state index in [0.717, 1.165) is 9.80 Å². The van der Waals surface area contributed by atoms with Gasteiger partial charge >= 0.3 is 148 Å². The molecule has 154 valence electrons. The molecule has 0 radical (unpaired) electrons. The average Bonchev–Trinajstić information content (AvgIpc) is 2.46. The second-order valence-corrected chi connectivity index (χ2v) is 5.56. The molecule has 18 heteroatoms. The molecule has 0 rings (SSSR count). The van der Waals surface area contributed by atoms with E-state index in [4.69, 9.17) is 0 Å². The normalized spacial score (nSPS) is 9.34. The van der Waals surface area contributed by atoms with Gasteiger partial charge in [0, 0.05) is 58.9 Å². The minimum absolute atomic E-state index is 0. The van der Waals surface area contributed by atoms with Crippen LogP contribution in [0, 0.1) is 0 Å². The molecule has 0 amide bonds. The minimum atomic E-state index is -1.54. The topological polar surface area (TPSA) is 210 Å². The first kappa shape index (κ1) is 47.4. The van der Waals surface area contributed by atoms with E-state index in [0.29, 0.717) is 0 Å². The fraction of sp³-hybridized carbons (Fsp3) is 0.643. The standard InChI is InChI=1S/C14H23N3O10.5Na/c18-10(19)5-15(1-3-16(6-11(20)21)7-12(22)23)2-4-17(8-13(24)25)9-14(26)27;;;;;/h1-9H2,(H,18,19)(H,20,21)(H,22,23)(H,24,25)(H,26,27);;;;;/q;5*+1/p-5. The van der Waals surface area contributed by atoms with Crippen LogP contribution in [-0.2, 0) is 24.0 Å². The van der Waals surface area contributed by atoms with Crippen LogP contribution in [0.15, 0.2) is 0 Å². The molecule has 13 nitrogen and oxygen atoms in total. The number of carboxylic acid groups (broad SMARTS) is 5. The average molecular weight is 503 g/mol. The number of carbonyl (C=O) groups is 5. The van der Waals surface area contributed by atoms with Crippen LogP contribution < -0.4 is 173 Å². The summed E-state index contributed by atoms with van der Waals surface area (Å²) in [4.78, 5) is 56.4. The molecule has 0 aromatic rings. The summed E-state index contributed by atoms with van der Waals surface area (Å²) >= 11 is 0. The first-order valence-corrected chi connectivity index (χ1v) is 7.66. The van der Waals surface area contributed by atoms with Crippen molar-refractivity contribution >= 4 is 29.8 Å². The second kappa shape index (κ2) is 27.8. The molecule has 0 aliphatic heterocycles. The van der Waals surface area contributed by atoms with Crippen LogP contribution in [0.3, 0.4) is 0 Å². The molecular weight excluding hydrogens is 485 g/mol. The van der Waals surface area contributed by atoms with Gasteiger partial charge in [-0.05, 0) is 0 Å². The molecule has 0 saturated heterocycles. The van der Waals surface area contributed by atoms with Crippen LogP contribution >= 0.6 is 0 Å². The number of aliphatic carboxylic acids is 5. The van der Waals surface area contributed by atoms with Crippen LogP contribution in [0.4, 0.5) is 0 Å². The Morgan fingerprint density at radius 2 is 0.531 bits per heavy atom. The number of nitrogens with zero attached hydrogens (tertiary/aromatic N) is 3. The van der Waals surface area contributed by atoms with Gasteiger partial charge in [0.1, 0.15) is 0 Å². The van der Waals surface area contributed by atoms with Crippen LogP contribution in [0.1, 0.15) is 0 Å². The SMILES string of the molecule is O=C([O-])CN(CCN(CC(=O)[O-])CC(=O)[O-])CCN(CC(=O)[O-])CC(=O)[O-].[Na+].[Na+].[Na+].[Na+].[Na+]. The van der Waals surface area contributed by atoms with Crippen molar-refractivity contribution in [2.75, 3.05) is 58.9 Å². The third-order valence-electron chi connectivity index (χ3n) is 3.23. The number of hydrogen-bond acceptors (Lipinski definition) is 13. The van der Waals surface area contributed by atoms with Gasteiger partial charge in [0.15, 0.2) is 0 Å².